The van der Waals surface area contributed by atoms with E-state index in [0.717, 1.165) is 48.3 Å². The van der Waals surface area contributed by atoms with Crippen LogP contribution in [0.25, 0.3) is 0 Å². The molecule has 0 atom stereocenters. The van der Waals surface area contributed by atoms with Crippen molar-refractivity contribution in [1.82, 2.24) is 0 Å². The summed E-state index contributed by atoms with van der Waals surface area (Å²) in [4.78, 5) is 15.1. The fourth-order valence-electron chi connectivity index (χ4n) is 3.72. The molecule has 0 saturated heterocycles. The molecule has 2 nitrogen and oxygen atoms in total. The van der Waals surface area contributed by atoms with E-state index in [0.29, 0.717) is 0 Å². The number of anilines is 3. The van der Waals surface area contributed by atoms with Gasteiger partial charge in [0.1, 0.15) is 0 Å². The molecule has 0 amide bonds. The standard InChI is InChI=1S/C26H29NO/c1-3-11-21(12-4-2)26(28)22-17-19-25(20-18-22)27(23-13-7-5-8-14-23)24-15-9-6-10-16-24/h5-10,13-21H,3-4,11-12H2,1-2H3. The van der Waals surface area contributed by atoms with Crippen LogP contribution in [0.15, 0.2) is 84.9 Å². The number of hydrogen-bond donors (Lipinski definition) is 0. The van der Waals surface area contributed by atoms with E-state index < -0.39 is 0 Å². The second-order valence-electron chi connectivity index (χ2n) is 7.19. The number of benzene rings is 3. The van der Waals surface area contributed by atoms with Gasteiger partial charge in [0, 0.05) is 28.5 Å². The average molecular weight is 372 g/mol. The molecule has 0 unspecified atom stereocenters. The maximum Gasteiger partial charge on any atom is 0.165 e. The zero-order chi connectivity index (χ0) is 19.8. The Labute approximate surface area is 168 Å². The quantitative estimate of drug-likeness (QED) is 0.362. The highest BCUT2D eigenvalue weighted by Crippen LogP contribution is 2.34. The van der Waals surface area contributed by atoms with Crippen molar-refractivity contribution in [2.45, 2.75) is 39.5 Å². The van der Waals surface area contributed by atoms with Gasteiger partial charge in [-0.25, -0.2) is 0 Å². The lowest BCUT2D eigenvalue weighted by molar-refractivity contribution is 0.0905. The smallest absolute Gasteiger partial charge is 0.165 e. The minimum absolute atomic E-state index is 0.139. The Balaban J connectivity index is 1.92. The predicted molar refractivity (Wildman–Crippen MR) is 119 cm³/mol. The number of nitrogens with zero attached hydrogens (tertiary/aromatic N) is 1. The van der Waals surface area contributed by atoms with Crippen molar-refractivity contribution < 1.29 is 4.79 Å². The maximum absolute atomic E-state index is 12.9. The molecule has 3 rings (SSSR count). The van der Waals surface area contributed by atoms with E-state index >= 15 is 0 Å². The first-order valence-electron chi connectivity index (χ1n) is 10.3. The van der Waals surface area contributed by atoms with Crippen LogP contribution in [0.4, 0.5) is 17.1 Å². The summed E-state index contributed by atoms with van der Waals surface area (Å²) in [6.45, 7) is 4.30. The second kappa shape index (κ2) is 9.89. The van der Waals surface area contributed by atoms with Gasteiger partial charge in [-0.3, -0.25) is 4.79 Å². The summed E-state index contributed by atoms with van der Waals surface area (Å²) in [5.74, 6) is 0.418. The van der Waals surface area contributed by atoms with Crippen molar-refractivity contribution in [3.8, 4) is 0 Å². The minimum atomic E-state index is 0.139. The van der Waals surface area contributed by atoms with Gasteiger partial charge in [-0.1, -0.05) is 63.1 Å². The third-order valence-electron chi connectivity index (χ3n) is 5.08. The monoisotopic (exact) mass is 371 g/mol. The molecule has 0 bridgehead atoms. The van der Waals surface area contributed by atoms with Crippen molar-refractivity contribution in [2.24, 2.45) is 5.92 Å². The normalized spacial score (nSPS) is 10.8. The predicted octanol–water partition coefficient (Wildman–Crippen LogP) is 7.56. The number of carbonyl (C=O) groups excluding carboxylic acids is 1. The summed E-state index contributed by atoms with van der Waals surface area (Å²) in [5.41, 5.74) is 4.07. The van der Waals surface area contributed by atoms with Crippen molar-refractivity contribution in [3.05, 3.63) is 90.5 Å². The lowest BCUT2D eigenvalue weighted by Gasteiger charge is -2.25. The molecule has 28 heavy (non-hydrogen) atoms. The zero-order valence-corrected chi connectivity index (χ0v) is 16.8. The van der Waals surface area contributed by atoms with Gasteiger partial charge in [0.05, 0.1) is 0 Å². The number of carbonyl (C=O) groups is 1. The van der Waals surface area contributed by atoms with Gasteiger partial charge in [-0.2, -0.15) is 0 Å². The van der Waals surface area contributed by atoms with Crippen molar-refractivity contribution in [3.63, 3.8) is 0 Å². The van der Waals surface area contributed by atoms with Crippen LogP contribution in [-0.2, 0) is 0 Å². The van der Waals surface area contributed by atoms with Gasteiger partial charge >= 0.3 is 0 Å². The van der Waals surface area contributed by atoms with E-state index in [1.165, 1.54) is 0 Å². The summed E-state index contributed by atoms with van der Waals surface area (Å²) in [6, 6.07) is 28.7. The first-order chi connectivity index (χ1) is 13.7. The molecule has 0 N–H and O–H groups in total. The van der Waals surface area contributed by atoms with E-state index in [4.69, 9.17) is 0 Å². The van der Waals surface area contributed by atoms with Crippen LogP contribution >= 0.6 is 0 Å². The number of hydrogen-bond acceptors (Lipinski definition) is 2. The van der Waals surface area contributed by atoms with Crippen molar-refractivity contribution >= 4 is 22.8 Å². The Morgan fingerprint density at radius 3 is 1.54 bits per heavy atom. The van der Waals surface area contributed by atoms with Crippen molar-refractivity contribution in [1.29, 1.82) is 0 Å². The molecule has 144 valence electrons. The minimum Gasteiger partial charge on any atom is -0.311 e. The summed E-state index contributed by atoms with van der Waals surface area (Å²) < 4.78 is 0. The SMILES string of the molecule is CCCC(CCC)C(=O)c1ccc(N(c2ccccc2)c2ccccc2)cc1. The fourth-order valence-corrected chi connectivity index (χ4v) is 3.72. The number of para-hydroxylation sites is 2. The fraction of sp³-hybridized carbons (Fsp3) is 0.269. The van der Waals surface area contributed by atoms with Crippen LogP contribution in [0.5, 0.6) is 0 Å². The lowest BCUT2D eigenvalue weighted by Crippen LogP contribution is -2.15. The van der Waals surface area contributed by atoms with Gasteiger partial charge < -0.3 is 4.90 Å². The third kappa shape index (κ3) is 4.69. The average Bonchev–Trinajstić information content (AvgIpc) is 2.75. The van der Waals surface area contributed by atoms with Crippen molar-refractivity contribution in [2.75, 3.05) is 4.90 Å². The van der Waals surface area contributed by atoms with E-state index in [9.17, 15) is 4.79 Å². The van der Waals surface area contributed by atoms with Gasteiger partial charge in [0.15, 0.2) is 5.78 Å². The largest absolute Gasteiger partial charge is 0.311 e. The van der Waals surface area contributed by atoms with E-state index in [1.54, 1.807) is 0 Å². The van der Waals surface area contributed by atoms with Crippen LogP contribution in [0.2, 0.25) is 0 Å². The van der Waals surface area contributed by atoms with Crippen LogP contribution < -0.4 is 4.90 Å². The summed E-state index contributed by atoms with van der Waals surface area (Å²) in [5, 5.41) is 0. The molecular weight excluding hydrogens is 342 g/mol. The molecule has 0 aliphatic rings. The molecule has 0 aliphatic carbocycles. The van der Waals surface area contributed by atoms with E-state index in [2.05, 4.69) is 55.1 Å². The second-order valence-corrected chi connectivity index (χ2v) is 7.19. The van der Waals surface area contributed by atoms with Gasteiger partial charge in [0.2, 0.25) is 0 Å². The lowest BCUT2D eigenvalue weighted by atomic mass is 9.90. The van der Waals surface area contributed by atoms with Crippen LogP contribution in [0.3, 0.4) is 0 Å². The first-order valence-corrected chi connectivity index (χ1v) is 10.3. The Hall–Kier alpha value is -2.87. The molecular formula is C26H29NO. The summed E-state index contributed by atoms with van der Waals surface area (Å²) >= 11 is 0. The van der Waals surface area contributed by atoms with E-state index in [-0.39, 0.29) is 11.7 Å². The Bertz CT molecular complexity index is 810. The molecule has 0 spiro atoms. The number of rotatable bonds is 9. The Morgan fingerprint density at radius 2 is 1.11 bits per heavy atom. The van der Waals surface area contributed by atoms with Gasteiger partial charge in [-0.15, -0.1) is 0 Å². The maximum atomic E-state index is 12.9. The van der Waals surface area contributed by atoms with Gasteiger partial charge in [-0.05, 0) is 61.4 Å². The Kier molecular flexibility index (Phi) is 7.02. The van der Waals surface area contributed by atoms with Crippen LogP contribution in [0, 0.1) is 5.92 Å². The molecule has 0 heterocycles. The molecule has 0 aromatic heterocycles. The molecule has 0 saturated carbocycles. The Morgan fingerprint density at radius 1 is 0.679 bits per heavy atom. The highest BCUT2D eigenvalue weighted by molar-refractivity contribution is 5.98. The number of Topliss-reactive ketones (excluding diaryl/α,β-unsaturated/α-hetero) is 1. The molecule has 2 heteroatoms. The molecule has 0 radical (unpaired) electrons. The van der Waals surface area contributed by atoms with Crippen LogP contribution in [-0.4, -0.2) is 5.78 Å². The number of ketones is 1. The summed E-state index contributed by atoms with van der Waals surface area (Å²) in [7, 11) is 0. The molecule has 3 aromatic rings. The van der Waals surface area contributed by atoms with E-state index in [1.807, 2.05) is 48.5 Å². The topological polar surface area (TPSA) is 20.3 Å². The highest BCUT2D eigenvalue weighted by Gasteiger charge is 2.19. The third-order valence-corrected chi connectivity index (χ3v) is 5.08. The molecule has 0 aliphatic heterocycles. The summed E-state index contributed by atoms with van der Waals surface area (Å²) in [6.07, 6.45) is 4.03. The molecule has 0 fully saturated rings. The highest BCUT2D eigenvalue weighted by atomic mass is 16.1. The molecule has 3 aromatic carbocycles. The van der Waals surface area contributed by atoms with Crippen LogP contribution in [0.1, 0.15) is 49.9 Å². The zero-order valence-electron chi connectivity index (χ0n) is 16.8. The first kappa shape index (κ1) is 19.9. The van der Waals surface area contributed by atoms with Gasteiger partial charge in [0.25, 0.3) is 0 Å².